The second-order valence-electron chi connectivity index (χ2n) is 5.30. The fraction of sp³-hybridized carbons (Fsp3) is 0.600. The first-order valence-electron chi connectivity index (χ1n) is 7.30. The first-order chi connectivity index (χ1) is 9.93. The molecule has 1 aromatic carbocycles. The summed E-state index contributed by atoms with van der Waals surface area (Å²) in [5, 5.41) is 0. The van der Waals surface area contributed by atoms with E-state index in [1.54, 1.807) is 12.1 Å². The summed E-state index contributed by atoms with van der Waals surface area (Å²) in [6, 6.07) is 7.32. The molecule has 0 heterocycles. The van der Waals surface area contributed by atoms with Crippen molar-refractivity contribution in [3.63, 3.8) is 0 Å². The molecule has 3 N–H and O–H groups in total. The summed E-state index contributed by atoms with van der Waals surface area (Å²) in [5.74, 6) is 0.000343. The normalized spacial score (nSPS) is 12.0. The van der Waals surface area contributed by atoms with E-state index >= 15 is 0 Å². The predicted octanol–water partition coefficient (Wildman–Crippen LogP) is 1.77. The van der Waals surface area contributed by atoms with Gasteiger partial charge in [-0.15, -0.1) is 0 Å². The minimum absolute atomic E-state index is 0.000343. The van der Waals surface area contributed by atoms with E-state index in [-0.39, 0.29) is 11.9 Å². The molecule has 1 aromatic rings. The van der Waals surface area contributed by atoms with Gasteiger partial charge < -0.3 is 10.5 Å². The van der Waals surface area contributed by atoms with Gasteiger partial charge >= 0.3 is 0 Å². The third-order valence-corrected chi connectivity index (χ3v) is 4.32. The molecule has 0 unspecified atom stereocenters. The number of rotatable bonds is 10. The van der Waals surface area contributed by atoms with Crippen LogP contribution in [0.25, 0.3) is 0 Å². The van der Waals surface area contributed by atoms with Gasteiger partial charge in [-0.05, 0) is 37.8 Å². The third kappa shape index (κ3) is 8.16. The van der Waals surface area contributed by atoms with Crippen LogP contribution in [-0.2, 0) is 27.1 Å². The van der Waals surface area contributed by atoms with Gasteiger partial charge in [0.05, 0.1) is 11.9 Å². The van der Waals surface area contributed by atoms with E-state index in [1.165, 1.54) is 0 Å². The molecule has 0 aliphatic heterocycles. The molecule has 0 spiro atoms. The van der Waals surface area contributed by atoms with Crippen molar-refractivity contribution in [2.75, 3.05) is 13.2 Å². The van der Waals surface area contributed by atoms with Crippen LogP contribution in [0.1, 0.15) is 37.8 Å². The molecule has 21 heavy (non-hydrogen) atoms. The third-order valence-electron chi connectivity index (χ3n) is 2.96. The van der Waals surface area contributed by atoms with Crippen LogP contribution in [-0.4, -0.2) is 27.7 Å². The van der Waals surface area contributed by atoms with E-state index in [1.807, 2.05) is 26.0 Å². The highest BCUT2D eigenvalue weighted by atomic mass is 32.2. The van der Waals surface area contributed by atoms with Crippen molar-refractivity contribution in [1.29, 1.82) is 0 Å². The van der Waals surface area contributed by atoms with Crippen LogP contribution in [0.15, 0.2) is 24.3 Å². The lowest BCUT2D eigenvalue weighted by atomic mass is 10.1. The maximum Gasteiger partial charge on any atom is 0.215 e. The van der Waals surface area contributed by atoms with Gasteiger partial charge in [-0.2, -0.15) is 0 Å². The van der Waals surface area contributed by atoms with Gasteiger partial charge in [-0.3, -0.25) is 0 Å². The average Bonchev–Trinajstić information content (AvgIpc) is 2.43. The van der Waals surface area contributed by atoms with Crippen LogP contribution in [0, 0.1) is 0 Å². The first kappa shape index (κ1) is 18.1. The first-order valence-corrected chi connectivity index (χ1v) is 8.95. The van der Waals surface area contributed by atoms with Crippen molar-refractivity contribution in [2.24, 2.45) is 5.73 Å². The number of hydrogen-bond donors (Lipinski definition) is 2. The van der Waals surface area contributed by atoms with Crippen molar-refractivity contribution < 1.29 is 13.2 Å². The molecule has 0 radical (unpaired) electrons. The summed E-state index contributed by atoms with van der Waals surface area (Å²) < 4.78 is 31.9. The van der Waals surface area contributed by atoms with E-state index in [0.29, 0.717) is 19.7 Å². The second-order valence-corrected chi connectivity index (χ2v) is 7.11. The Labute approximate surface area is 127 Å². The highest BCUT2D eigenvalue weighted by Crippen LogP contribution is 2.07. The lowest BCUT2D eigenvalue weighted by Gasteiger charge is -2.09. The van der Waals surface area contributed by atoms with Gasteiger partial charge in [0.25, 0.3) is 0 Å². The number of unbranched alkanes of at least 4 members (excludes halogenated alkanes) is 1. The second kappa shape index (κ2) is 9.15. The zero-order valence-electron chi connectivity index (χ0n) is 12.8. The summed E-state index contributed by atoms with van der Waals surface area (Å²) in [7, 11) is -3.28. The van der Waals surface area contributed by atoms with E-state index in [9.17, 15) is 8.42 Å². The van der Waals surface area contributed by atoms with Crippen molar-refractivity contribution in [3.8, 4) is 0 Å². The van der Waals surface area contributed by atoms with Crippen molar-refractivity contribution in [2.45, 2.75) is 45.1 Å². The molecule has 6 heteroatoms. The average molecular weight is 314 g/mol. The number of hydrogen-bond acceptors (Lipinski definition) is 4. The van der Waals surface area contributed by atoms with Gasteiger partial charge in [0, 0.05) is 19.7 Å². The number of benzene rings is 1. The monoisotopic (exact) mass is 314 g/mol. The molecule has 0 bridgehead atoms. The van der Waals surface area contributed by atoms with Crippen LogP contribution >= 0.6 is 0 Å². The highest BCUT2D eigenvalue weighted by molar-refractivity contribution is 7.88. The minimum Gasteiger partial charge on any atom is -0.379 e. The molecule has 0 fully saturated rings. The topological polar surface area (TPSA) is 81.4 Å². The predicted molar refractivity (Wildman–Crippen MR) is 85.3 cm³/mol. The largest absolute Gasteiger partial charge is 0.379 e. The summed E-state index contributed by atoms with van der Waals surface area (Å²) in [6.45, 7) is 5.55. The van der Waals surface area contributed by atoms with Crippen LogP contribution in [0.4, 0.5) is 0 Å². The SMILES string of the molecule is CC(C)OCCCCNS(=O)(=O)Cc1ccc(CN)cc1. The Morgan fingerprint density at radius 1 is 1.14 bits per heavy atom. The number of ether oxygens (including phenoxy) is 1. The summed E-state index contributed by atoms with van der Waals surface area (Å²) in [6.07, 6.45) is 1.85. The summed E-state index contributed by atoms with van der Waals surface area (Å²) in [4.78, 5) is 0. The highest BCUT2D eigenvalue weighted by Gasteiger charge is 2.10. The quantitative estimate of drug-likeness (QED) is 0.645. The van der Waals surface area contributed by atoms with Gasteiger partial charge in [0.1, 0.15) is 0 Å². The molecule has 1 rings (SSSR count). The molecule has 0 aliphatic carbocycles. The van der Waals surface area contributed by atoms with E-state index < -0.39 is 10.0 Å². The van der Waals surface area contributed by atoms with Crippen LogP contribution in [0.5, 0.6) is 0 Å². The van der Waals surface area contributed by atoms with E-state index in [0.717, 1.165) is 24.0 Å². The van der Waals surface area contributed by atoms with Crippen molar-refractivity contribution in [1.82, 2.24) is 4.72 Å². The molecule has 5 nitrogen and oxygen atoms in total. The zero-order valence-corrected chi connectivity index (χ0v) is 13.7. The lowest BCUT2D eigenvalue weighted by molar-refractivity contribution is 0.0762. The van der Waals surface area contributed by atoms with Gasteiger partial charge in [0.2, 0.25) is 10.0 Å². The van der Waals surface area contributed by atoms with E-state index in [4.69, 9.17) is 10.5 Å². The molecular formula is C15H26N2O3S. The molecule has 120 valence electrons. The lowest BCUT2D eigenvalue weighted by Crippen LogP contribution is -2.26. The maximum absolute atomic E-state index is 11.9. The number of nitrogens with one attached hydrogen (secondary N) is 1. The molecule has 0 amide bonds. The zero-order chi connectivity index (χ0) is 15.7. The fourth-order valence-electron chi connectivity index (χ4n) is 1.82. The Morgan fingerprint density at radius 2 is 1.76 bits per heavy atom. The number of nitrogens with two attached hydrogens (primary N) is 1. The fourth-order valence-corrected chi connectivity index (χ4v) is 3.00. The van der Waals surface area contributed by atoms with Crippen molar-refractivity contribution in [3.05, 3.63) is 35.4 Å². The molecule has 0 aromatic heterocycles. The Balaban J connectivity index is 2.29. The Morgan fingerprint density at radius 3 is 2.33 bits per heavy atom. The van der Waals surface area contributed by atoms with Crippen LogP contribution < -0.4 is 10.5 Å². The Bertz CT molecular complexity index is 498. The van der Waals surface area contributed by atoms with Gasteiger partial charge in [-0.25, -0.2) is 13.1 Å². The molecule has 0 saturated carbocycles. The van der Waals surface area contributed by atoms with Gasteiger partial charge in [-0.1, -0.05) is 24.3 Å². The van der Waals surface area contributed by atoms with Crippen molar-refractivity contribution >= 4 is 10.0 Å². The smallest absolute Gasteiger partial charge is 0.215 e. The van der Waals surface area contributed by atoms with Crippen LogP contribution in [0.2, 0.25) is 0 Å². The maximum atomic E-state index is 11.9. The molecule has 0 atom stereocenters. The minimum atomic E-state index is -3.28. The number of sulfonamides is 1. The van der Waals surface area contributed by atoms with E-state index in [2.05, 4.69) is 4.72 Å². The molecule has 0 aliphatic rings. The summed E-state index contributed by atoms with van der Waals surface area (Å²) in [5.41, 5.74) is 7.27. The summed E-state index contributed by atoms with van der Waals surface area (Å²) >= 11 is 0. The standard InChI is InChI=1S/C15H26N2O3S/c1-13(2)20-10-4-3-9-17-21(18,19)12-15-7-5-14(11-16)6-8-15/h5-8,13,17H,3-4,9-12,16H2,1-2H3. The van der Waals surface area contributed by atoms with Crippen LogP contribution in [0.3, 0.4) is 0 Å². The Kier molecular flexibility index (Phi) is 7.88. The Hall–Kier alpha value is -0.950. The molecule has 0 saturated heterocycles. The molecular weight excluding hydrogens is 288 g/mol. The van der Waals surface area contributed by atoms with Gasteiger partial charge in [0.15, 0.2) is 0 Å².